The van der Waals surface area contributed by atoms with Crippen LogP contribution < -0.4 is 4.74 Å². The highest BCUT2D eigenvalue weighted by atomic mass is 16.5. The van der Waals surface area contributed by atoms with Crippen molar-refractivity contribution in [3.63, 3.8) is 0 Å². The first-order chi connectivity index (χ1) is 9.63. The lowest BCUT2D eigenvalue weighted by Gasteiger charge is -2.07. The van der Waals surface area contributed by atoms with Crippen molar-refractivity contribution in [2.24, 2.45) is 7.05 Å². The fourth-order valence-electron chi connectivity index (χ4n) is 1.77. The lowest BCUT2D eigenvalue weighted by molar-refractivity contribution is 0.0686. The zero-order valence-corrected chi connectivity index (χ0v) is 11.2. The maximum atomic E-state index is 11.2. The quantitative estimate of drug-likeness (QED) is 0.798. The Morgan fingerprint density at radius 3 is 2.90 bits per heavy atom. The molecule has 0 amide bonds. The van der Waals surface area contributed by atoms with E-state index in [1.165, 1.54) is 4.68 Å². The van der Waals surface area contributed by atoms with Gasteiger partial charge in [0, 0.05) is 19.7 Å². The van der Waals surface area contributed by atoms with E-state index in [4.69, 9.17) is 9.47 Å². The number of ether oxygens (including phenoxy) is 2. The lowest BCUT2D eigenvalue weighted by Crippen LogP contribution is -2.07. The van der Waals surface area contributed by atoms with Gasteiger partial charge < -0.3 is 14.6 Å². The number of hydrogen-bond donors (Lipinski definition) is 1. The third kappa shape index (κ3) is 2.94. The maximum absolute atomic E-state index is 11.2. The summed E-state index contributed by atoms with van der Waals surface area (Å²) in [6.07, 6.45) is 0. The molecule has 0 aliphatic heterocycles. The molecular formula is C13H15N3O4. The number of aryl methyl sites for hydroxylation is 1. The first kappa shape index (κ1) is 14.0. The molecule has 0 atom stereocenters. The normalized spacial score (nSPS) is 10.5. The molecule has 1 N–H and O–H groups in total. The van der Waals surface area contributed by atoms with Crippen LogP contribution in [0.4, 0.5) is 0 Å². The second-order valence-corrected chi connectivity index (χ2v) is 4.08. The van der Waals surface area contributed by atoms with Crippen molar-refractivity contribution in [2.45, 2.75) is 0 Å². The van der Waals surface area contributed by atoms with E-state index in [2.05, 4.69) is 10.3 Å². The van der Waals surface area contributed by atoms with E-state index in [9.17, 15) is 9.90 Å². The molecule has 1 aromatic heterocycles. The van der Waals surface area contributed by atoms with Crippen molar-refractivity contribution in [1.29, 1.82) is 0 Å². The van der Waals surface area contributed by atoms with Crippen LogP contribution in [0.3, 0.4) is 0 Å². The molecule has 0 saturated carbocycles. The Labute approximate surface area is 115 Å². The molecule has 1 heterocycles. The fraction of sp³-hybridized carbons (Fsp3) is 0.308. The molecule has 0 aliphatic carbocycles. The van der Waals surface area contributed by atoms with Gasteiger partial charge in [0.15, 0.2) is 5.69 Å². The molecule has 0 aliphatic rings. The predicted octanol–water partition coefficient (Wildman–Crippen LogP) is 1.21. The summed E-state index contributed by atoms with van der Waals surface area (Å²) in [4.78, 5) is 11.2. The van der Waals surface area contributed by atoms with Crippen LogP contribution in [0, 0.1) is 0 Å². The molecule has 7 nitrogen and oxygen atoms in total. The zero-order chi connectivity index (χ0) is 14.5. The van der Waals surface area contributed by atoms with Crippen molar-refractivity contribution >= 4 is 5.97 Å². The van der Waals surface area contributed by atoms with Crippen LogP contribution in [0.25, 0.3) is 11.3 Å². The Morgan fingerprint density at radius 2 is 2.20 bits per heavy atom. The van der Waals surface area contributed by atoms with Gasteiger partial charge in [0.05, 0.1) is 6.61 Å². The molecule has 2 aromatic rings. The summed E-state index contributed by atoms with van der Waals surface area (Å²) in [6.45, 7) is 0.905. The monoisotopic (exact) mass is 277 g/mol. The summed E-state index contributed by atoms with van der Waals surface area (Å²) < 4.78 is 11.6. The average Bonchev–Trinajstić information content (AvgIpc) is 2.81. The minimum absolute atomic E-state index is 0.0408. The van der Waals surface area contributed by atoms with Crippen molar-refractivity contribution in [3.05, 3.63) is 30.0 Å². The summed E-state index contributed by atoms with van der Waals surface area (Å²) in [5.74, 6) is -0.445. The van der Waals surface area contributed by atoms with Gasteiger partial charge in [-0.3, -0.25) is 0 Å². The van der Waals surface area contributed by atoms with Crippen molar-refractivity contribution < 1.29 is 19.4 Å². The Kier molecular flexibility index (Phi) is 4.31. The molecule has 0 fully saturated rings. The third-order valence-electron chi connectivity index (χ3n) is 2.69. The minimum atomic E-state index is -1.07. The Balaban J connectivity index is 2.29. The maximum Gasteiger partial charge on any atom is 0.356 e. The standard InChI is InChI=1S/C13H15N3O4/c1-16-12(13(17)18)11(14-15-16)9-4-3-5-10(8-9)20-7-6-19-2/h3-5,8H,6-7H2,1-2H3,(H,17,18). The van der Waals surface area contributed by atoms with E-state index in [-0.39, 0.29) is 5.69 Å². The largest absolute Gasteiger partial charge is 0.491 e. The number of methoxy groups -OCH3 is 1. The van der Waals surface area contributed by atoms with Crippen LogP contribution >= 0.6 is 0 Å². The highest BCUT2D eigenvalue weighted by Crippen LogP contribution is 2.24. The van der Waals surface area contributed by atoms with Crippen LogP contribution in [-0.4, -0.2) is 46.4 Å². The fourth-order valence-corrected chi connectivity index (χ4v) is 1.77. The number of rotatable bonds is 6. The molecule has 1 aromatic carbocycles. The van der Waals surface area contributed by atoms with E-state index in [0.29, 0.717) is 30.2 Å². The van der Waals surface area contributed by atoms with Gasteiger partial charge in [-0.05, 0) is 12.1 Å². The molecule has 20 heavy (non-hydrogen) atoms. The summed E-state index contributed by atoms with van der Waals surface area (Å²) in [5.41, 5.74) is 1.00. The molecule has 0 spiro atoms. The SMILES string of the molecule is COCCOc1cccc(-c2nnn(C)c2C(=O)O)c1. The van der Waals surface area contributed by atoms with E-state index >= 15 is 0 Å². The number of hydrogen-bond acceptors (Lipinski definition) is 5. The molecule has 0 saturated heterocycles. The summed E-state index contributed by atoms with van der Waals surface area (Å²) in [6, 6.07) is 7.06. The van der Waals surface area contributed by atoms with E-state index in [1.807, 2.05) is 0 Å². The Morgan fingerprint density at radius 1 is 1.40 bits per heavy atom. The second-order valence-electron chi connectivity index (χ2n) is 4.08. The third-order valence-corrected chi connectivity index (χ3v) is 2.69. The summed E-state index contributed by atoms with van der Waals surface area (Å²) in [7, 11) is 3.14. The number of aromatic nitrogens is 3. The molecule has 2 rings (SSSR count). The first-order valence-electron chi connectivity index (χ1n) is 5.98. The van der Waals surface area contributed by atoms with E-state index in [0.717, 1.165) is 0 Å². The molecule has 7 heteroatoms. The number of benzene rings is 1. The molecule has 106 valence electrons. The van der Waals surface area contributed by atoms with Crippen molar-refractivity contribution in [2.75, 3.05) is 20.3 Å². The smallest absolute Gasteiger partial charge is 0.356 e. The van der Waals surface area contributed by atoms with Gasteiger partial charge in [-0.2, -0.15) is 0 Å². The highest BCUT2D eigenvalue weighted by Gasteiger charge is 2.19. The van der Waals surface area contributed by atoms with Crippen molar-refractivity contribution in [3.8, 4) is 17.0 Å². The molecule has 0 bridgehead atoms. The molecule has 0 radical (unpaired) electrons. The average molecular weight is 277 g/mol. The van der Waals surface area contributed by atoms with Crippen LogP contribution in [0.2, 0.25) is 0 Å². The number of carboxylic acids is 1. The van der Waals surface area contributed by atoms with E-state index < -0.39 is 5.97 Å². The summed E-state index contributed by atoms with van der Waals surface area (Å²) >= 11 is 0. The lowest BCUT2D eigenvalue weighted by atomic mass is 10.1. The number of carboxylic acid groups (broad SMARTS) is 1. The van der Waals surface area contributed by atoms with Crippen LogP contribution in [0.15, 0.2) is 24.3 Å². The first-order valence-corrected chi connectivity index (χ1v) is 5.98. The van der Waals surface area contributed by atoms with Crippen LogP contribution in [0.5, 0.6) is 5.75 Å². The van der Waals surface area contributed by atoms with Gasteiger partial charge >= 0.3 is 5.97 Å². The summed E-state index contributed by atoms with van der Waals surface area (Å²) in [5, 5.41) is 16.8. The minimum Gasteiger partial charge on any atom is -0.491 e. The Hall–Kier alpha value is -2.41. The van der Waals surface area contributed by atoms with E-state index in [1.54, 1.807) is 38.4 Å². The van der Waals surface area contributed by atoms with Gasteiger partial charge in [-0.1, -0.05) is 17.3 Å². The number of nitrogens with zero attached hydrogens (tertiary/aromatic N) is 3. The topological polar surface area (TPSA) is 86.5 Å². The van der Waals surface area contributed by atoms with Gasteiger partial charge in [0.1, 0.15) is 18.1 Å². The van der Waals surface area contributed by atoms with Gasteiger partial charge in [-0.15, -0.1) is 5.10 Å². The van der Waals surface area contributed by atoms with Crippen molar-refractivity contribution in [1.82, 2.24) is 15.0 Å². The molecular weight excluding hydrogens is 262 g/mol. The number of carbonyl (C=O) groups is 1. The van der Waals surface area contributed by atoms with Crippen LogP contribution in [-0.2, 0) is 11.8 Å². The predicted molar refractivity (Wildman–Crippen MR) is 70.8 cm³/mol. The molecule has 0 unspecified atom stereocenters. The van der Waals surface area contributed by atoms with Crippen LogP contribution in [0.1, 0.15) is 10.5 Å². The second kappa shape index (κ2) is 6.16. The highest BCUT2D eigenvalue weighted by molar-refractivity contribution is 5.92. The van der Waals surface area contributed by atoms with Gasteiger partial charge in [-0.25, -0.2) is 9.48 Å². The number of aromatic carboxylic acids is 1. The van der Waals surface area contributed by atoms with Gasteiger partial charge in [0.25, 0.3) is 0 Å². The van der Waals surface area contributed by atoms with Gasteiger partial charge in [0.2, 0.25) is 0 Å². The zero-order valence-electron chi connectivity index (χ0n) is 11.2. The Bertz CT molecular complexity index is 609.